The number of piperidine rings is 1. The minimum Gasteiger partial charge on any atom is -0.389 e. The van der Waals surface area contributed by atoms with E-state index in [1.165, 1.54) is 37.8 Å². The number of benzene rings is 1. The lowest BCUT2D eigenvalue weighted by Crippen LogP contribution is -2.34. The Morgan fingerprint density at radius 3 is 2.63 bits per heavy atom. The summed E-state index contributed by atoms with van der Waals surface area (Å²) in [5.74, 6) is 0.553. The predicted octanol–water partition coefficient (Wildman–Crippen LogP) is 3.90. The van der Waals surface area contributed by atoms with E-state index in [9.17, 15) is 9.50 Å². The van der Waals surface area contributed by atoms with E-state index in [0.717, 1.165) is 24.7 Å². The molecule has 0 aromatic heterocycles. The van der Waals surface area contributed by atoms with Gasteiger partial charge in [0.15, 0.2) is 0 Å². The molecular weight excluding hydrogens is 241 g/mol. The second kappa shape index (κ2) is 6.38. The lowest BCUT2D eigenvalue weighted by Gasteiger charge is -2.35. The molecule has 0 radical (unpaired) electrons. The summed E-state index contributed by atoms with van der Waals surface area (Å²) in [6, 6.07) is 4.75. The van der Waals surface area contributed by atoms with Crippen molar-refractivity contribution < 1.29 is 9.50 Å². The number of anilines is 1. The minimum absolute atomic E-state index is 0.277. The molecule has 1 aromatic carbocycles. The number of nitrogens with zero attached hydrogens (tertiary/aromatic N) is 1. The summed E-state index contributed by atoms with van der Waals surface area (Å²) in [5.41, 5.74) is 1.69. The maximum atomic E-state index is 13.3. The zero-order valence-electron chi connectivity index (χ0n) is 11.9. The predicted molar refractivity (Wildman–Crippen MR) is 76.9 cm³/mol. The topological polar surface area (TPSA) is 23.5 Å². The molecule has 106 valence electrons. The second-order valence-electron chi connectivity index (χ2n) is 5.60. The molecule has 2 nitrogen and oxygen atoms in total. The maximum Gasteiger partial charge on any atom is 0.123 e. The van der Waals surface area contributed by atoms with Crippen molar-refractivity contribution in [3.05, 3.63) is 29.6 Å². The average Bonchev–Trinajstić information content (AvgIpc) is 2.40. The van der Waals surface area contributed by atoms with Crippen molar-refractivity contribution in [1.29, 1.82) is 0 Å². The Morgan fingerprint density at radius 2 is 2.05 bits per heavy atom. The first-order valence-electron chi connectivity index (χ1n) is 7.34. The number of hydrogen-bond donors (Lipinski definition) is 1. The molecule has 0 unspecified atom stereocenters. The average molecular weight is 265 g/mol. The molecule has 0 saturated carbocycles. The van der Waals surface area contributed by atoms with Crippen molar-refractivity contribution in [2.75, 3.05) is 18.0 Å². The van der Waals surface area contributed by atoms with Gasteiger partial charge in [-0.3, -0.25) is 0 Å². The number of halogens is 1. The van der Waals surface area contributed by atoms with Crippen LogP contribution in [0.15, 0.2) is 18.2 Å². The largest absolute Gasteiger partial charge is 0.389 e. The van der Waals surface area contributed by atoms with Gasteiger partial charge in [-0.15, -0.1) is 0 Å². The summed E-state index contributed by atoms with van der Waals surface area (Å²) in [7, 11) is 0. The molecule has 0 aliphatic carbocycles. The molecule has 2 rings (SSSR count). The summed E-state index contributed by atoms with van der Waals surface area (Å²) in [6.45, 7) is 5.95. The highest BCUT2D eigenvalue weighted by Gasteiger charge is 2.21. The fraction of sp³-hybridized carbons (Fsp3) is 0.625. The number of aliphatic hydroxyl groups excluding tert-OH is 1. The molecule has 0 bridgehead atoms. The summed E-state index contributed by atoms with van der Waals surface area (Å²) in [4.78, 5) is 2.29. The van der Waals surface area contributed by atoms with E-state index in [4.69, 9.17) is 0 Å². The van der Waals surface area contributed by atoms with Gasteiger partial charge in [-0.25, -0.2) is 4.39 Å². The summed E-state index contributed by atoms with van der Waals surface area (Å²) in [6.07, 6.45) is 4.33. The van der Waals surface area contributed by atoms with Crippen LogP contribution >= 0.6 is 0 Å². The molecule has 1 aliphatic rings. The van der Waals surface area contributed by atoms with Crippen LogP contribution in [0.3, 0.4) is 0 Å². The second-order valence-corrected chi connectivity index (χ2v) is 5.60. The van der Waals surface area contributed by atoms with E-state index in [1.54, 1.807) is 13.0 Å². The number of aliphatic hydroxyl groups is 1. The van der Waals surface area contributed by atoms with E-state index < -0.39 is 6.10 Å². The quantitative estimate of drug-likeness (QED) is 0.892. The standard InChI is InChI=1S/C16H24FNO/c1-3-4-13-7-9-18(10-8-13)16-6-5-14(17)11-15(16)12(2)19/h5-6,11-13,19H,3-4,7-10H2,1-2H3/t12-/m1/s1. The van der Waals surface area contributed by atoms with Crippen molar-refractivity contribution in [3.8, 4) is 0 Å². The third-order valence-electron chi connectivity index (χ3n) is 4.09. The molecule has 1 heterocycles. The highest BCUT2D eigenvalue weighted by atomic mass is 19.1. The fourth-order valence-corrected chi connectivity index (χ4v) is 3.02. The Kier molecular flexibility index (Phi) is 4.81. The fourth-order valence-electron chi connectivity index (χ4n) is 3.02. The van der Waals surface area contributed by atoms with Gasteiger partial charge in [-0.05, 0) is 43.9 Å². The van der Waals surface area contributed by atoms with Gasteiger partial charge in [0.1, 0.15) is 5.82 Å². The van der Waals surface area contributed by atoms with E-state index in [2.05, 4.69) is 11.8 Å². The molecule has 1 fully saturated rings. The SMILES string of the molecule is CCCC1CCN(c2ccc(F)cc2[C@@H](C)O)CC1. The first-order chi connectivity index (χ1) is 9.11. The zero-order chi connectivity index (χ0) is 13.8. The van der Waals surface area contributed by atoms with Crippen LogP contribution in [0.1, 0.15) is 51.2 Å². The summed E-state index contributed by atoms with van der Waals surface area (Å²) < 4.78 is 13.3. The molecule has 19 heavy (non-hydrogen) atoms. The molecule has 0 amide bonds. The van der Waals surface area contributed by atoms with Gasteiger partial charge in [0.25, 0.3) is 0 Å². The molecule has 1 N–H and O–H groups in total. The monoisotopic (exact) mass is 265 g/mol. The van der Waals surface area contributed by atoms with E-state index >= 15 is 0 Å². The van der Waals surface area contributed by atoms with Gasteiger partial charge in [0, 0.05) is 24.3 Å². The van der Waals surface area contributed by atoms with Gasteiger partial charge in [0.2, 0.25) is 0 Å². The highest BCUT2D eigenvalue weighted by Crippen LogP contribution is 2.31. The molecule has 1 atom stereocenters. The van der Waals surface area contributed by atoms with Crippen LogP contribution < -0.4 is 4.90 Å². The summed E-state index contributed by atoms with van der Waals surface area (Å²) in [5, 5.41) is 9.80. The Labute approximate surface area is 115 Å². The van der Waals surface area contributed by atoms with Crippen molar-refractivity contribution in [2.24, 2.45) is 5.92 Å². The van der Waals surface area contributed by atoms with E-state index in [0.29, 0.717) is 5.56 Å². The summed E-state index contributed by atoms with van der Waals surface area (Å²) >= 11 is 0. The Bertz CT molecular complexity index is 411. The lowest BCUT2D eigenvalue weighted by atomic mass is 9.91. The first kappa shape index (κ1) is 14.3. The van der Waals surface area contributed by atoms with E-state index in [-0.39, 0.29) is 5.82 Å². The van der Waals surface area contributed by atoms with Crippen LogP contribution in [0.4, 0.5) is 10.1 Å². The van der Waals surface area contributed by atoms with Gasteiger partial charge >= 0.3 is 0 Å². The smallest absolute Gasteiger partial charge is 0.123 e. The van der Waals surface area contributed by atoms with Gasteiger partial charge in [-0.2, -0.15) is 0 Å². The van der Waals surface area contributed by atoms with Crippen molar-refractivity contribution in [2.45, 2.75) is 45.6 Å². The van der Waals surface area contributed by atoms with Crippen molar-refractivity contribution >= 4 is 5.69 Å². The van der Waals surface area contributed by atoms with Gasteiger partial charge in [0.05, 0.1) is 6.10 Å². The number of hydrogen-bond acceptors (Lipinski definition) is 2. The Balaban J connectivity index is 2.11. The normalized spacial score (nSPS) is 18.6. The molecular formula is C16H24FNO. The zero-order valence-corrected chi connectivity index (χ0v) is 11.9. The van der Waals surface area contributed by atoms with Crippen LogP contribution in [0.2, 0.25) is 0 Å². The van der Waals surface area contributed by atoms with Gasteiger partial charge < -0.3 is 10.0 Å². The molecule has 0 spiro atoms. The maximum absolute atomic E-state index is 13.3. The Morgan fingerprint density at radius 1 is 1.37 bits per heavy atom. The molecule has 1 aromatic rings. The van der Waals surface area contributed by atoms with Crippen LogP contribution in [0.5, 0.6) is 0 Å². The first-order valence-corrected chi connectivity index (χ1v) is 7.34. The molecule has 3 heteroatoms. The van der Waals surface area contributed by atoms with Crippen molar-refractivity contribution in [1.82, 2.24) is 0 Å². The van der Waals surface area contributed by atoms with E-state index in [1.807, 2.05) is 0 Å². The minimum atomic E-state index is -0.626. The number of rotatable bonds is 4. The van der Waals surface area contributed by atoms with Crippen LogP contribution in [-0.2, 0) is 0 Å². The molecule has 1 saturated heterocycles. The van der Waals surface area contributed by atoms with Gasteiger partial charge in [-0.1, -0.05) is 19.8 Å². The Hall–Kier alpha value is -1.09. The van der Waals surface area contributed by atoms with Crippen LogP contribution in [0, 0.1) is 11.7 Å². The third kappa shape index (κ3) is 3.47. The van der Waals surface area contributed by atoms with Crippen molar-refractivity contribution in [3.63, 3.8) is 0 Å². The van der Waals surface area contributed by atoms with Crippen LogP contribution in [0.25, 0.3) is 0 Å². The lowest BCUT2D eigenvalue weighted by molar-refractivity contribution is 0.199. The third-order valence-corrected chi connectivity index (χ3v) is 4.09. The molecule has 1 aliphatic heterocycles. The highest BCUT2D eigenvalue weighted by molar-refractivity contribution is 5.55. The van der Waals surface area contributed by atoms with Crippen LogP contribution in [-0.4, -0.2) is 18.2 Å².